The Hall–Kier alpha value is -3.35. The normalized spacial score (nSPS) is 22.1. The molecule has 0 radical (unpaired) electrons. The van der Waals surface area contributed by atoms with Crippen molar-refractivity contribution in [3.05, 3.63) is 35.9 Å². The number of aromatic nitrogens is 5. The molecule has 1 aliphatic heterocycles. The van der Waals surface area contributed by atoms with Gasteiger partial charge in [0.15, 0.2) is 11.5 Å². The van der Waals surface area contributed by atoms with Gasteiger partial charge in [0.1, 0.15) is 17.9 Å². The summed E-state index contributed by atoms with van der Waals surface area (Å²) in [6, 6.07) is 2.48. The number of nitrogens with zero attached hydrogens (tertiary/aromatic N) is 4. The average Bonchev–Trinajstić information content (AvgIpc) is 3.18. The largest absolute Gasteiger partial charge is 0.444 e. The second-order valence-electron chi connectivity index (χ2n) is 8.22. The molecule has 5 rings (SSSR count). The molecule has 0 bridgehead atoms. The van der Waals surface area contributed by atoms with Crippen molar-refractivity contribution >= 4 is 23.5 Å². The SMILES string of the molecule is CC1(NC(=O)OC2COC(c3cc(Nc4nc(C(F)(F)F)cc5nccn45)n[nH]3)C2)CC1. The van der Waals surface area contributed by atoms with Gasteiger partial charge in [0.05, 0.1) is 12.3 Å². The minimum Gasteiger partial charge on any atom is -0.444 e. The molecule has 1 saturated carbocycles. The molecule has 2 atom stereocenters. The van der Waals surface area contributed by atoms with E-state index in [4.69, 9.17) is 9.47 Å². The second kappa shape index (κ2) is 7.36. The number of fused-ring (bicyclic) bond motifs is 1. The van der Waals surface area contributed by atoms with Crippen LogP contribution in [0.3, 0.4) is 0 Å². The molecule has 1 amide bonds. The molecule has 13 heteroatoms. The van der Waals surface area contributed by atoms with Crippen molar-refractivity contribution in [2.75, 3.05) is 11.9 Å². The zero-order valence-electron chi connectivity index (χ0n) is 16.9. The highest BCUT2D eigenvalue weighted by molar-refractivity contribution is 5.69. The molecular weight excluding hydrogens is 431 g/mol. The Bertz CT molecular complexity index is 1150. The molecular formula is C19H20F3N7O3. The van der Waals surface area contributed by atoms with Crippen LogP contribution in [0.1, 0.15) is 43.7 Å². The summed E-state index contributed by atoms with van der Waals surface area (Å²) in [4.78, 5) is 19.5. The van der Waals surface area contributed by atoms with Gasteiger partial charge in [0, 0.05) is 36.5 Å². The lowest BCUT2D eigenvalue weighted by Gasteiger charge is -2.15. The monoisotopic (exact) mass is 451 g/mol. The van der Waals surface area contributed by atoms with Crippen LogP contribution in [0.4, 0.5) is 29.7 Å². The van der Waals surface area contributed by atoms with E-state index in [0.717, 1.165) is 18.9 Å². The summed E-state index contributed by atoms with van der Waals surface area (Å²) in [5.41, 5.74) is -0.533. The minimum atomic E-state index is -4.61. The number of alkyl halides is 3. The Morgan fingerprint density at radius 2 is 2.19 bits per heavy atom. The highest BCUT2D eigenvalue weighted by Crippen LogP contribution is 2.35. The van der Waals surface area contributed by atoms with Crippen LogP contribution in [0.2, 0.25) is 0 Å². The molecule has 0 spiro atoms. The third-order valence-electron chi connectivity index (χ3n) is 5.50. The van der Waals surface area contributed by atoms with Crippen molar-refractivity contribution in [1.29, 1.82) is 0 Å². The number of ether oxygens (including phenoxy) is 2. The summed E-state index contributed by atoms with van der Waals surface area (Å²) in [7, 11) is 0. The predicted octanol–water partition coefficient (Wildman–Crippen LogP) is 3.32. The molecule has 1 saturated heterocycles. The summed E-state index contributed by atoms with van der Waals surface area (Å²) in [5.74, 6) is 0.179. The number of rotatable bonds is 5. The van der Waals surface area contributed by atoms with Gasteiger partial charge in [-0.25, -0.2) is 14.8 Å². The Morgan fingerprint density at radius 3 is 2.94 bits per heavy atom. The smallest absolute Gasteiger partial charge is 0.433 e. The number of carbonyl (C=O) groups is 1. The summed E-state index contributed by atoms with van der Waals surface area (Å²) in [5, 5.41) is 12.5. The molecule has 2 fully saturated rings. The van der Waals surface area contributed by atoms with Gasteiger partial charge >= 0.3 is 12.3 Å². The van der Waals surface area contributed by atoms with Crippen molar-refractivity contribution in [1.82, 2.24) is 29.9 Å². The first kappa shape index (κ1) is 20.5. The van der Waals surface area contributed by atoms with Gasteiger partial charge in [0.25, 0.3) is 0 Å². The van der Waals surface area contributed by atoms with Crippen molar-refractivity contribution in [2.24, 2.45) is 0 Å². The molecule has 3 N–H and O–H groups in total. The van der Waals surface area contributed by atoms with E-state index < -0.39 is 30.2 Å². The lowest BCUT2D eigenvalue weighted by atomic mass is 10.1. The highest BCUT2D eigenvalue weighted by Gasteiger charge is 2.40. The first-order valence-corrected chi connectivity index (χ1v) is 10.0. The number of alkyl carbamates (subject to hydrolysis) is 1. The number of anilines is 2. The highest BCUT2D eigenvalue weighted by atomic mass is 19.4. The zero-order valence-corrected chi connectivity index (χ0v) is 16.9. The molecule has 1 aliphatic carbocycles. The number of hydrogen-bond acceptors (Lipinski definition) is 7. The van der Waals surface area contributed by atoms with Gasteiger partial charge in [-0.2, -0.15) is 18.3 Å². The van der Waals surface area contributed by atoms with E-state index in [1.165, 1.54) is 16.8 Å². The number of hydrogen-bond donors (Lipinski definition) is 3. The van der Waals surface area contributed by atoms with Crippen LogP contribution in [0.25, 0.3) is 5.65 Å². The summed E-state index contributed by atoms with van der Waals surface area (Å²) < 4.78 is 52.0. The van der Waals surface area contributed by atoms with Gasteiger partial charge in [-0.15, -0.1) is 0 Å². The maximum atomic E-state index is 13.2. The topological polar surface area (TPSA) is 118 Å². The Labute approximate surface area is 179 Å². The second-order valence-corrected chi connectivity index (χ2v) is 8.22. The van der Waals surface area contributed by atoms with Crippen molar-refractivity contribution in [3.63, 3.8) is 0 Å². The Morgan fingerprint density at radius 1 is 1.38 bits per heavy atom. The van der Waals surface area contributed by atoms with E-state index in [1.54, 1.807) is 6.07 Å². The molecule has 4 heterocycles. The van der Waals surface area contributed by atoms with Crippen LogP contribution in [-0.2, 0) is 15.7 Å². The first-order valence-electron chi connectivity index (χ1n) is 10.0. The molecule has 3 aromatic rings. The van der Waals surface area contributed by atoms with Crippen LogP contribution in [0, 0.1) is 0 Å². The Balaban J connectivity index is 1.26. The molecule has 0 aromatic carbocycles. The van der Waals surface area contributed by atoms with Crippen molar-refractivity contribution in [2.45, 2.75) is 50.1 Å². The van der Waals surface area contributed by atoms with Gasteiger partial charge in [-0.3, -0.25) is 9.50 Å². The van der Waals surface area contributed by atoms with E-state index in [0.29, 0.717) is 12.1 Å². The minimum absolute atomic E-state index is 0.0795. The number of aromatic amines is 1. The van der Waals surface area contributed by atoms with Gasteiger partial charge < -0.3 is 20.1 Å². The standard InChI is InChI=1S/C19H20F3N7O3/c1-18(2-3-18)26-17(30)32-10-6-12(31-9-10)11-7-14(28-27-11)25-16-24-13(19(20,21)22)8-15-23-4-5-29(15)16/h4-5,7-8,10,12H,2-3,6,9H2,1H3,(H,26,30)(H2,24,25,27,28). The summed E-state index contributed by atoms with van der Waals surface area (Å²) >= 11 is 0. The average molecular weight is 451 g/mol. The summed E-state index contributed by atoms with van der Waals surface area (Å²) in [6.07, 6.45) is -0.711. The van der Waals surface area contributed by atoms with Crippen LogP contribution >= 0.6 is 0 Å². The number of H-pyrrole nitrogens is 1. The third-order valence-corrected chi connectivity index (χ3v) is 5.50. The Kier molecular flexibility index (Phi) is 4.73. The summed E-state index contributed by atoms with van der Waals surface area (Å²) in [6.45, 7) is 2.19. The van der Waals surface area contributed by atoms with Gasteiger partial charge in [-0.05, 0) is 19.8 Å². The molecule has 3 aromatic heterocycles. The third kappa shape index (κ3) is 4.20. The van der Waals surface area contributed by atoms with Crippen LogP contribution in [0.15, 0.2) is 24.5 Å². The van der Waals surface area contributed by atoms with E-state index in [-0.39, 0.29) is 29.6 Å². The molecule has 10 nitrogen and oxygen atoms in total. The fourth-order valence-corrected chi connectivity index (χ4v) is 3.47. The van der Waals surface area contributed by atoms with E-state index in [9.17, 15) is 18.0 Å². The maximum Gasteiger partial charge on any atom is 0.433 e. The van der Waals surface area contributed by atoms with E-state index in [1.807, 2.05) is 6.92 Å². The van der Waals surface area contributed by atoms with Gasteiger partial charge in [-0.1, -0.05) is 0 Å². The maximum absolute atomic E-state index is 13.2. The first-order chi connectivity index (χ1) is 15.2. The number of imidazole rings is 1. The van der Waals surface area contributed by atoms with Crippen LogP contribution in [0.5, 0.6) is 0 Å². The van der Waals surface area contributed by atoms with Gasteiger partial charge in [0.2, 0.25) is 5.95 Å². The molecule has 32 heavy (non-hydrogen) atoms. The molecule has 170 valence electrons. The zero-order chi connectivity index (χ0) is 22.5. The number of nitrogens with one attached hydrogen (secondary N) is 3. The van der Waals surface area contributed by atoms with Crippen molar-refractivity contribution in [3.8, 4) is 0 Å². The number of carbonyl (C=O) groups excluding carboxylic acids is 1. The van der Waals surface area contributed by atoms with Crippen LogP contribution in [-0.4, -0.2) is 48.9 Å². The number of amides is 1. The fourth-order valence-electron chi connectivity index (χ4n) is 3.47. The van der Waals surface area contributed by atoms with Crippen LogP contribution < -0.4 is 10.6 Å². The predicted molar refractivity (Wildman–Crippen MR) is 104 cm³/mol. The van der Waals surface area contributed by atoms with Crippen molar-refractivity contribution < 1.29 is 27.4 Å². The lowest BCUT2D eigenvalue weighted by Crippen LogP contribution is -2.37. The molecule has 2 aliphatic rings. The van der Waals surface area contributed by atoms with E-state index in [2.05, 4.69) is 30.8 Å². The number of halogens is 3. The molecule has 2 unspecified atom stereocenters. The fraction of sp³-hybridized carbons (Fsp3) is 0.474. The quantitative estimate of drug-likeness (QED) is 0.545. The lowest BCUT2D eigenvalue weighted by molar-refractivity contribution is -0.141. The van der Waals surface area contributed by atoms with E-state index >= 15 is 0 Å².